The molecule has 0 spiro atoms. The number of thiazole rings is 1. The van der Waals surface area contributed by atoms with Crippen molar-refractivity contribution >= 4 is 43.6 Å². The van der Waals surface area contributed by atoms with Gasteiger partial charge in [0.15, 0.2) is 0 Å². The van der Waals surface area contributed by atoms with E-state index in [0.29, 0.717) is 0 Å². The van der Waals surface area contributed by atoms with E-state index in [1.54, 1.807) is 22.7 Å². The molecule has 8 heteroatoms. The maximum absolute atomic E-state index is 6.24. The predicted octanol–water partition coefficient (Wildman–Crippen LogP) is 3.88. The molecule has 0 amide bonds. The summed E-state index contributed by atoms with van der Waals surface area (Å²) in [5.41, 5.74) is 3.76. The van der Waals surface area contributed by atoms with Gasteiger partial charge < -0.3 is 15.0 Å². The largest absolute Gasteiger partial charge is 0.467 e. The third kappa shape index (κ3) is 3.76. The topological polar surface area (TPSA) is 63.2 Å². The Kier molecular flexibility index (Phi) is 5.00. The number of hydrogen-bond acceptors (Lipinski definition) is 8. The summed E-state index contributed by atoms with van der Waals surface area (Å²) in [5, 5.41) is 14.6. The van der Waals surface area contributed by atoms with Crippen molar-refractivity contribution in [3.8, 4) is 5.19 Å². The zero-order chi connectivity index (χ0) is 18.9. The molecule has 1 fully saturated rings. The number of rotatable bonds is 4. The van der Waals surface area contributed by atoms with Gasteiger partial charge in [-0.3, -0.25) is 0 Å². The van der Waals surface area contributed by atoms with Crippen LogP contribution < -0.4 is 15.0 Å². The molecule has 0 atom stereocenters. The predicted molar refractivity (Wildman–Crippen MR) is 116 cm³/mol. The number of aromatic nitrogens is 3. The molecule has 3 aromatic rings. The fraction of sp³-hybridized carbons (Fsp3) is 0.450. The molecule has 2 aliphatic rings. The van der Waals surface area contributed by atoms with Gasteiger partial charge in [0.05, 0.1) is 10.2 Å². The Morgan fingerprint density at radius 3 is 2.82 bits per heavy atom. The van der Waals surface area contributed by atoms with Crippen LogP contribution in [0.2, 0.25) is 0 Å². The molecule has 4 heterocycles. The Morgan fingerprint density at radius 2 is 2.07 bits per heavy atom. The Morgan fingerprint density at radius 1 is 1.18 bits per heavy atom. The normalized spacial score (nSPS) is 18.5. The molecule has 5 rings (SSSR count). The van der Waals surface area contributed by atoms with Gasteiger partial charge in [-0.25, -0.2) is 4.98 Å². The summed E-state index contributed by atoms with van der Waals surface area (Å²) in [7, 11) is 0. The molecule has 0 radical (unpaired) electrons. The van der Waals surface area contributed by atoms with Gasteiger partial charge in [-0.1, -0.05) is 34.8 Å². The molecule has 6 nitrogen and oxygen atoms in total. The molecule has 0 bridgehead atoms. The maximum Gasteiger partial charge on any atom is 0.274 e. The minimum atomic E-state index is 0.220. The first-order chi connectivity index (χ1) is 13.7. The molecule has 146 valence electrons. The standard InChI is InChI=1S/C20H23N5OS2/c1-13-23-24-19(27-13)25-10-6-16(7-11-25)26-20-22-17-3-2-15(12-18(17)28-20)14-4-8-21-9-5-14/h2-4,12,16,21H,5-11H2,1H3. The van der Waals surface area contributed by atoms with Crippen LogP contribution in [0.5, 0.6) is 5.19 Å². The molecule has 1 aromatic carbocycles. The summed E-state index contributed by atoms with van der Waals surface area (Å²) in [6.45, 7) is 5.92. The average molecular weight is 414 g/mol. The number of benzene rings is 1. The van der Waals surface area contributed by atoms with Crippen LogP contribution >= 0.6 is 22.7 Å². The SMILES string of the molecule is Cc1nnc(N2CCC(Oc3nc4ccc(C5=CCNCC5)cc4s3)CC2)s1. The summed E-state index contributed by atoms with van der Waals surface area (Å²) < 4.78 is 7.44. The van der Waals surface area contributed by atoms with Crippen LogP contribution in [0.25, 0.3) is 15.8 Å². The van der Waals surface area contributed by atoms with Gasteiger partial charge in [-0.05, 0) is 43.2 Å². The molecule has 0 aliphatic carbocycles. The second kappa shape index (κ2) is 7.77. The van der Waals surface area contributed by atoms with Crippen LogP contribution in [-0.2, 0) is 0 Å². The van der Waals surface area contributed by atoms with Crippen molar-refractivity contribution in [3.05, 3.63) is 34.8 Å². The van der Waals surface area contributed by atoms with E-state index in [1.165, 1.54) is 15.8 Å². The number of piperidine rings is 1. The fourth-order valence-corrected chi connectivity index (χ4v) is 5.42. The van der Waals surface area contributed by atoms with Crippen molar-refractivity contribution in [1.29, 1.82) is 0 Å². The average Bonchev–Trinajstić information content (AvgIpc) is 3.34. The van der Waals surface area contributed by atoms with E-state index in [0.717, 1.165) is 66.3 Å². The van der Waals surface area contributed by atoms with Crippen molar-refractivity contribution in [2.45, 2.75) is 32.3 Å². The number of nitrogens with zero attached hydrogens (tertiary/aromatic N) is 4. The third-order valence-corrected chi connectivity index (χ3v) is 7.11. The van der Waals surface area contributed by atoms with Crippen LogP contribution in [0.1, 0.15) is 29.8 Å². The second-order valence-corrected chi connectivity index (χ2v) is 9.41. The Balaban J connectivity index is 1.25. The van der Waals surface area contributed by atoms with Crippen molar-refractivity contribution in [3.63, 3.8) is 0 Å². The Labute approximate surface area is 172 Å². The summed E-state index contributed by atoms with van der Waals surface area (Å²) in [6.07, 6.45) is 5.56. The quantitative estimate of drug-likeness (QED) is 0.700. The van der Waals surface area contributed by atoms with Crippen molar-refractivity contribution in [2.24, 2.45) is 0 Å². The molecular formula is C20H23N5OS2. The lowest BCUT2D eigenvalue weighted by Crippen LogP contribution is -2.38. The van der Waals surface area contributed by atoms with Crippen LogP contribution in [0.4, 0.5) is 5.13 Å². The van der Waals surface area contributed by atoms with Crippen LogP contribution in [0.3, 0.4) is 0 Å². The van der Waals surface area contributed by atoms with Gasteiger partial charge >= 0.3 is 0 Å². The van der Waals surface area contributed by atoms with E-state index in [1.807, 2.05) is 6.92 Å². The van der Waals surface area contributed by atoms with E-state index in [9.17, 15) is 0 Å². The van der Waals surface area contributed by atoms with Gasteiger partial charge in [0, 0.05) is 32.5 Å². The molecule has 0 saturated carbocycles. The number of hydrogen-bond donors (Lipinski definition) is 1. The summed E-state index contributed by atoms with van der Waals surface area (Å²) in [4.78, 5) is 7.01. The number of fused-ring (bicyclic) bond motifs is 1. The van der Waals surface area contributed by atoms with Gasteiger partial charge in [0.1, 0.15) is 11.1 Å². The van der Waals surface area contributed by atoms with Crippen molar-refractivity contribution < 1.29 is 4.74 Å². The lowest BCUT2D eigenvalue weighted by Gasteiger charge is -2.30. The molecule has 0 unspecified atom stereocenters. The highest BCUT2D eigenvalue weighted by Crippen LogP contribution is 2.33. The molecule has 28 heavy (non-hydrogen) atoms. The first kappa shape index (κ1) is 18.0. The summed E-state index contributed by atoms with van der Waals surface area (Å²) in [5.74, 6) is 0. The molecule has 2 aliphatic heterocycles. The van der Waals surface area contributed by atoms with Gasteiger partial charge in [-0.15, -0.1) is 10.2 Å². The number of nitrogens with one attached hydrogen (secondary N) is 1. The van der Waals surface area contributed by atoms with Gasteiger partial charge in [0.25, 0.3) is 5.19 Å². The zero-order valence-electron chi connectivity index (χ0n) is 15.9. The van der Waals surface area contributed by atoms with E-state index in [2.05, 4.69) is 44.7 Å². The zero-order valence-corrected chi connectivity index (χ0v) is 17.5. The van der Waals surface area contributed by atoms with Crippen LogP contribution in [-0.4, -0.2) is 47.5 Å². The lowest BCUT2D eigenvalue weighted by molar-refractivity contribution is 0.170. The maximum atomic E-state index is 6.24. The smallest absolute Gasteiger partial charge is 0.274 e. The Bertz CT molecular complexity index is 1000. The molecule has 1 N–H and O–H groups in total. The van der Waals surface area contributed by atoms with Crippen molar-refractivity contribution in [2.75, 3.05) is 31.1 Å². The third-order valence-electron chi connectivity index (χ3n) is 5.30. The number of anilines is 1. The highest BCUT2D eigenvalue weighted by atomic mass is 32.1. The highest BCUT2D eigenvalue weighted by molar-refractivity contribution is 7.20. The second-order valence-electron chi connectivity index (χ2n) is 7.25. The lowest BCUT2D eigenvalue weighted by atomic mass is 10.0. The number of ether oxygens (including phenoxy) is 1. The number of aryl methyl sites for hydroxylation is 1. The Hall–Kier alpha value is -2.03. The van der Waals surface area contributed by atoms with Crippen LogP contribution in [0, 0.1) is 6.92 Å². The minimum Gasteiger partial charge on any atom is -0.467 e. The fourth-order valence-electron chi connectivity index (χ4n) is 3.76. The van der Waals surface area contributed by atoms with E-state index in [-0.39, 0.29) is 6.10 Å². The van der Waals surface area contributed by atoms with Gasteiger partial charge in [0.2, 0.25) is 5.13 Å². The first-order valence-corrected chi connectivity index (χ1v) is 11.4. The highest BCUT2D eigenvalue weighted by Gasteiger charge is 2.23. The summed E-state index contributed by atoms with van der Waals surface area (Å²) in [6, 6.07) is 6.57. The first-order valence-electron chi connectivity index (χ1n) is 9.77. The van der Waals surface area contributed by atoms with Crippen molar-refractivity contribution in [1.82, 2.24) is 20.5 Å². The van der Waals surface area contributed by atoms with E-state index >= 15 is 0 Å². The van der Waals surface area contributed by atoms with Gasteiger partial charge in [-0.2, -0.15) is 0 Å². The van der Waals surface area contributed by atoms with Crippen LogP contribution in [0.15, 0.2) is 24.3 Å². The molecule has 1 saturated heterocycles. The van der Waals surface area contributed by atoms with E-state index in [4.69, 9.17) is 9.72 Å². The molecular weight excluding hydrogens is 390 g/mol. The van der Waals surface area contributed by atoms with E-state index < -0.39 is 0 Å². The summed E-state index contributed by atoms with van der Waals surface area (Å²) >= 11 is 3.32. The minimum absolute atomic E-state index is 0.220. The molecule has 2 aromatic heterocycles. The monoisotopic (exact) mass is 413 g/mol.